The maximum absolute atomic E-state index is 12.3. The molecule has 3 rings (SSSR count). The molecule has 0 atom stereocenters. The number of halogens is 1. The van der Waals surface area contributed by atoms with Gasteiger partial charge in [0.2, 0.25) is 5.78 Å². The van der Waals surface area contributed by atoms with Gasteiger partial charge in [0.25, 0.3) is 0 Å². The summed E-state index contributed by atoms with van der Waals surface area (Å²) in [5, 5.41) is 2.51. The molecule has 0 fully saturated rings. The summed E-state index contributed by atoms with van der Waals surface area (Å²) in [6, 6.07) is 5.45. The molecule has 0 unspecified atom stereocenters. The highest BCUT2D eigenvalue weighted by atomic mass is 35.5. The molecule has 0 bridgehead atoms. The first-order valence-electron chi connectivity index (χ1n) is 5.21. The van der Waals surface area contributed by atoms with Crippen molar-refractivity contribution in [1.29, 1.82) is 0 Å². The molecule has 86 valence electrons. The summed E-state index contributed by atoms with van der Waals surface area (Å²) in [5.41, 5.74) is 2.43. The van der Waals surface area contributed by atoms with Gasteiger partial charge in [-0.15, -0.1) is 11.3 Å². The first kappa shape index (κ1) is 10.8. The number of carbonyl (C=O) groups is 1. The Morgan fingerprint density at radius 3 is 3.06 bits per heavy atom. The molecule has 0 spiro atoms. The highest BCUT2D eigenvalue weighted by molar-refractivity contribution is 7.12. The Labute approximate surface area is 108 Å². The molecule has 0 aliphatic carbocycles. The number of rotatable bonds is 0. The molecule has 1 aliphatic heterocycles. The molecule has 17 heavy (non-hydrogen) atoms. The average molecular weight is 265 g/mol. The second-order valence-electron chi connectivity index (χ2n) is 3.99. The van der Waals surface area contributed by atoms with Gasteiger partial charge in [0.05, 0.1) is 10.4 Å². The minimum atomic E-state index is 0.00407. The van der Waals surface area contributed by atoms with Crippen LogP contribution in [-0.4, -0.2) is 5.78 Å². The Bertz CT molecular complexity index is 616. The lowest BCUT2D eigenvalue weighted by Gasteiger charge is -2.08. The van der Waals surface area contributed by atoms with Gasteiger partial charge < -0.3 is 4.74 Å². The summed E-state index contributed by atoms with van der Waals surface area (Å²) in [6.07, 6.45) is 0. The van der Waals surface area contributed by atoms with E-state index in [0.717, 1.165) is 16.0 Å². The van der Waals surface area contributed by atoms with Gasteiger partial charge in [-0.25, -0.2) is 0 Å². The SMILES string of the molecule is Cc1cc2c(cc1Cl)C(=O)c1sccc1CO2. The molecular weight excluding hydrogens is 256 g/mol. The fraction of sp³-hybridized carbons (Fsp3) is 0.154. The zero-order valence-electron chi connectivity index (χ0n) is 9.12. The van der Waals surface area contributed by atoms with Crippen LogP contribution >= 0.6 is 22.9 Å². The van der Waals surface area contributed by atoms with Crippen LogP contribution in [0, 0.1) is 6.92 Å². The monoisotopic (exact) mass is 264 g/mol. The lowest BCUT2D eigenvalue weighted by Crippen LogP contribution is -2.00. The topological polar surface area (TPSA) is 26.3 Å². The quantitative estimate of drug-likeness (QED) is 0.723. The number of fused-ring (bicyclic) bond motifs is 2. The van der Waals surface area contributed by atoms with Gasteiger partial charge in [-0.1, -0.05) is 11.6 Å². The number of aryl methyl sites for hydroxylation is 1. The fourth-order valence-electron chi connectivity index (χ4n) is 1.88. The minimum absolute atomic E-state index is 0.00407. The van der Waals surface area contributed by atoms with Crippen LogP contribution in [0.4, 0.5) is 0 Å². The van der Waals surface area contributed by atoms with E-state index in [-0.39, 0.29) is 5.78 Å². The highest BCUT2D eigenvalue weighted by Gasteiger charge is 2.24. The fourth-order valence-corrected chi connectivity index (χ4v) is 2.91. The normalized spacial score (nSPS) is 13.6. The summed E-state index contributed by atoms with van der Waals surface area (Å²) < 4.78 is 5.67. The van der Waals surface area contributed by atoms with Crippen LogP contribution in [0.5, 0.6) is 5.75 Å². The van der Waals surface area contributed by atoms with Crippen molar-refractivity contribution in [2.75, 3.05) is 0 Å². The smallest absolute Gasteiger partial charge is 0.207 e. The van der Waals surface area contributed by atoms with Crippen molar-refractivity contribution in [2.24, 2.45) is 0 Å². The second-order valence-corrected chi connectivity index (χ2v) is 5.31. The van der Waals surface area contributed by atoms with E-state index >= 15 is 0 Å². The van der Waals surface area contributed by atoms with Crippen LogP contribution in [0.1, 0.15) is 26.4 Å². The van der Waals surface area contributed by atoms with Crippen LogP contribution < -0.4 is 4.74 Å². The van der Waals surface area contributed by atoms with Gasteiger partial charge in [-0.3, -0.25) is 4.79 Å². The summed E-state index contributed by atoms with van der Waals surface area (Å²) in [7, 11) is 0. The van der Waals surface area contributed by atoms with Crippen molar-refractivity contribution in [1.82, 2.24) is 0 Å². The van der Waals surface area contributed by atoms with E-state index in [4.69, 9.17) is 16.3 Å². The van der Waals surface area contributed by atoms with Gasteiger partial charge in [0.15, 0.2) is 0 Å². The molecule has 0 N–H and O–H groups in total. The van der Waals surface area contributed by atoms with Gasteiger partial charge in [0, 0.05) is 10.6 Å². The average Bonchev–Trinajstić information content (AvgIpc) is 2.73. The van der Waals surface area contributed by atoms with Crippen molar-refractivity contribution in [3.8, 4) is 5.75 Å². The lowest BCUT2D eigenvalue weighted by atomic mass is 10.1. The van der Waals surface area contributed by atoms with Crippen molar-refractivity contribution in [2.45, 2.75) is 13.5 Å². The summed E-state index contributed by atoms with van der Waals surface area (Å²) in [5.74, 6) is 0.629. The number of hydrogen-bond donors (Lipinski definition) is 0. The van der Waals surface area contributed by atoms with E-state index in [1.165, 1.54) is 11.3 Å². The summed E-state index contributed by atoms with van der Waals surface area (Å²) in [6.45, 7) is 2.34. The van der Waals surface area contributed by atoms with E-state index in [9.17, 15) is 4.79 Å². The number of hydrogen-bond acceptors (Lipinski definition) is 3. The number of thiophene rings is 1. The molecule has 0 saturated heterocycles. The molecule has 1 aromatic carbocycles. The van der Waals surface area contributed by atoms with E-state index in [1.807, 2.05) is 24.4 Å². The molecule has 1 aliphatic rings. The maximum Gasteiger partial charge on any atom is 0.207 e. The zero-order valence-corrected chi connectivity index (χ0v) is 10.7. The van der Waals surface area contributed by atoms with Gasteiger partial charge in [-0.05, 0) is 36.1 Å². The molecule has 0 amide bonds. The molecule has 2 heterocycles. The van der Waals surface area contributed by atoms with Gasteiger partial charge in [0.1, 0.15) is 12.4 Å². The Kier molecular flexibility index (Phi) is 2.45. The molecule has 0 radical (unpaired) electrons. The van der Waals surface area contributed by atoms with Crippen molar-refractivity contribution < 1.29 is 9.53 Å². The lowest BCUT2D eigenvalue weighted by molar-refractivity contribution is 0.104. The van der Waals surface area contributed by atoms with E-state index in [0.29, 0.717) is 22.9 Å². The Morgan fingerprint density at radius 2 is 2.24 bits per heavy atom. The van der Waals surface area contributed by atoms with Gasteiger partial charge in [-0.2, -0.15) is 0 Å². The van der Waals surface area contributed by atoms with Crippen LogP contribution in [0.2, 0.25) is 5.02 Å². The van der Waals surface area contributed by atoms with E-state index in [2.05, 4.69) is 0 Å². The van der Waals surface area contributed by atoms with Crippen LogP contribution in [0.3, 0.4) is 0 Å². The summed E-state index contributed by atoms with van der Waals surface area (Å²) >= 11 is 7.51. The number of carbonyl (C=O) groups excluding carboxylic acids is 1. The first-order chi connectivity index (χ1) is 8.16. The van der Waals surface area contributed by atoms with Crippen LogP contribution in [-0.2, 0) is 6.61 Å². The molecular formula is C13H9ClO2S. The second kappa shape index (κ2) is 3.86. The van der Waals surface area contributed by atoms with Gasteiger partial charge >= 0.3 is 0 Å². The van der Waals surface area contributed by atoms with Crippen LogP contribution in [0.25, 0.3) is 0 Å². The third kappa shape index (κ3) is 1.66. The molecule has 1 aromatic heterocycles. The molecule has 4 heteroatoms. The number of ether oxygens (including phenoxy) is 1. The number of benzene rings is 1. The maximum atomic E-state index is 12.3. The van der Waals surface area contributed by atoms with E-state index in [1.54, 1.807) is 6.07 Å². The predicted molar refractivity (Wildman–Crippen MR) is 68.3 cm³/mol. The predicted octanol–water partition coefficient (Wildman–Crippen LogP) is 3.83. The Balaban J connectivity index is 2.22. The molecule has 2 nitrogen and oxygen atoms in total. The third-order valence-electron chi connectivity index (χ3n) is 2.84. The largest absolute Gasteiger partial charge is 0.488 e. The third-order valence-corrected chi connectivity index (χ3v) is 4.20. The molecule has 2 aromatic rings. The van der Waals surface area contributed by atoms with Crippen molar-refractivity contribution in [3.63, 3.8) is 0 Å². The Hall–Kier alpha value is -1.32. The van der Waals surface area contributed by atoms with Crippen molar-refractivity contribution >= 4 is 28.7 Å². The first-order valence-corrected chi connectivity index (χ1v) is 6.46. The summed E-state index contributed by atoms with van der Waals surface area (Å²) in [4.78, 5) is 13.1. The van der Waals surface area contributed by atoms with Crippen LogP contribution in [0.15, 0.2) is 23.6 Å². The van der Waals surface area contributed by atoms with Crippen molar-refractivity contribution in [3.05, 3.63) is 50.2 Å². The molecule has 0 saturated carbocycles. The number of ketones is 1. The zero-order chi connectivity index (χ0) is 12.0. The Morgan fingerprint density at radius 1 is 1.41 bits per heavy atom. The van der Waals surface area contributed by atoms with E-state index < -0.39 is 0 Å². The standard InChI is InChI=1S/C13H9ClO2S/c1-7-4-11-9(5-10(7)14)12(15)13-8(6-16-11)2-3-17-13/h2-5H,6H2,1H3. The minimum Gasteiger partial charge on any atom is -0.488 e. The highest BCUT2D eigenvalue weighted by Crippen LogP contribution is 2.34.